The van der Waals surface area contributed by atoms with Crippen LogP contribution in [-0.4, -0.2) is 25.1 Å². The fourth-order valence-corrected chi connectivity index (χ4v) is 1.91. The van der Waals surface area contributed by atoms with E-state index in [2.05, 4.69) is 10.3 Å². The lowest BCUT2D eigenvalue weighted by atomic mass is 10.00. The van der Waals surface area contributed by atoms with E-state index in [4.69, 9.17) is 9.47 Å². The smallest absolute Gasteiger partial charge is 0.231 e. The van der Waals surface area contributed by atoms with Crippen LogP contribution in [0.1, 0.15) is 18.4 Å². The highest BCUT2D eigenvalue weighted by molar-refractivity contribution is 5.95. The molecule has 0 aliphatic carbocycles. The molecular weight excluding hydrogens is 268 g/mol. The summed E-state index contributed by atoms with van der Waals surface area (Å²) in [4.78, 5) is 16.3. The first kappa shape index (κ1) is 14.8. The van der Waals surface area contributed by atoms with Crippen LogP contribution in [0.5, 0.6) is 11.6 Å². The van der Waals surface area contributed by atoms with Crippen molar-refractivity contribution in [1.82, 2.24) is 4.98 Å². The van der Waals surface area contributed by atoms with E-state index in [1.807, 2.05) is 31.2 Å². The first-order valence-corrected chi connectivity index (χ1v) is 6.59. The fraction of sp³-hybridized carbons (Fsp3) is 0.250. The SMILES string of the molecule is COc1cccc(C(C)C(=O)Nc2ccnc(OC)c2)c1. The van der Waals surface area contributed by atoms with Crippen molar-refractivity contribution in [3.05, 3.63) is 48.2 Å². The van der Waals surface area contributed by atoms with Crippen LogP contribution < -0.4 is 14.8 Å². The Morgan fingerprint density at radius 1 is 1.19 bits per heavy atom. The molecule has 2 aromatic rings. The zero-order valence-electron chi connectivity index (χ0n) is 12.3. The second-order valence-corrected chi connectivity index (χ2v) is 4.57. The Morgan fingerprint density at radius 3 is 2.71 bits per heavy atom. The number of nitrogens with one attached hydrogen (secondary N) is 1. The number of hydrogen-bond donors (Lipinski definition) is 1. The van der Waals surface area contributed by atoms with Gasteiger partial charge in [-0.15, -0.1) is 0 Å². The lowest BCUT2D eigenvalue weighted by molar-refractivity contribution is -0.117. The summed E-state index contributed by atoms with van der Waals surface area (Å²) in [6, 6.07) is 10.9. The van der Waals surface area contributed by atoms with Crippen molar-refractivity contribution < 1.29 is 14.3 Å². The summed E-state index contributed by atoms with van der Waals surface area (Å²) in [6.45, 7) is 1.85. The van der Waals surface area contributed by atoms with Gasteiger partial charge in [0, 0.05) is 18.0 Å². The standard InChI is InChI=1S/C16H18N2O3/c1-11(12-5-4-6-14(9-12)20-2)16(19)18-13-7-8-17-15(10-13)21-3/h4-11H,1-3H3,(H,17,18,19). The molecule has 0 aliphatic heterocycles. The second-order valence-electron chi connectivity index (χ2n) is 4.57. The van der Waals surface area contributed by atoms with Gasteiger partial charge in [-0.05, 0) is 30.7 Å². The summed E-state index contributed by atoms with van der Waals surface area (Å²) in [6.07, 6.45) is 1.59. The summed E-state index contributed by atoms with van der Waals surface area (Å²) >= 11 is 0. The average Bonchev–Trinajstić information content (AvgIpc) is 2.54. The highest BCUT2D eigenvalue weighted by atomic mass is 16.5. The van der Waals surface area contributed by atoms with E-state index in [1.54, 1.807) is 25.4 Å². The Morgan fingerprint density at radius 2 is 2.00 bits per heavy atom. The van der Waals surface area contributed by atoms with E-state index in [0.29, 0.717) is 11.6 Å². The largest absolute Gasteiger partial charge is 0.497 e. The molecule has 0 aliphatic rings. The van der Waals surface area contributed by atoms with Gasteiger partial charge in [-0.1, -0.05) is 12.1 Å². The molecule has 5 heteroatoms. The molecule has 0 spiro atoms. The van der Waals surface area contributed by atoms with Gasteiger partial charge in [-0.2, -0.15) is 0 Å². The van der Waals surface area contributed by atoms with Gasteiger partial charge < -0.3 is 14.8 Å². The van der Waals surface area contributed by atoms with E-state index >= 15 is 0 Å². The van der Waals surface area contributed by atoms with Gasteiger partial charge in [0.2, 0.25) is 11.8 Å². The molecule has 5 nitrogen and oxygen atoms in total. The first-order chi connectivity index (χ1) is 10.1. The monoisotopic (exact) mass is 286 g/mol. The highest BCUT2D eigenvalue weighted by Crippen LogP contribution is 2.22. The molecule has 1 atom stereocenters. The number of aromatic nitrogens is 1. The predicted molar refractivity (Wildman–Crippen MR) is 80.8 cm³/mol. The third-order valence-corrected chi connectivity index (χ3v) is 3.20. The van der Waals surface area contributed by atoms with Gasteiger partial charge in [-0.25, -0.2) is 4.98 Å². The minimum absolute atomic E-state index is 0.100. The highest BCUT2D eigenvalue weighted by Gasteiger charge is 2.16. The summed E-state index contributed by atoms with van der Waals surface area (Å²) in [7, 11) is 3.14. The number of carbonyl (C=O) groups is 1. The number of rotatable bonds is 5. The van der Waals surface area contributed by atoms with Crippen LogP contribution >= 0.6 is 0 Å². The molecule has 1 aromatic heterocycles. The minimum atomic E-state index is -0.292. The molecule has 0 saturated carbocycles. The van der Waals surface area contributed by atoms with Crippen LogP contribution in [-0.2, 0) is 4.79 Å². The molecule has 1 aromatic carbocycles. The summed E-state index contributed by atoms with van der Waals surface area (Å²) in [5, 5.41) is 2.85. The molecular formula is C16H18N2O3. The summed E-state index contributed by atoms with van der Waals surface area (Å²) < 4.78 is 10.2. The number of benzene rings is 1. The number of carbonyl (C=O) groups excluding carboxylic acids is 1. The van der Waals surface area contributed by atoms with E-state index in [9.17, 15) is 4.79 Å². The van der Waals surface area contributed by atoms with E-state index in [1.165, 1.54) is 7.11 Å². The molecule has 0 saturated heterocycles. The number of pyridine rings is 1. The van der Waals surface area contributed by atoms with Gasteiger partial charge in [0.25, 0.3) is 0 Å². The van der Waals surface area contributed by atoms with Gasteiger partial charge >= 0.3 is 0 Å². The Bertz CT molecular complexity index is 628. The lowest BCUT2D eigenvalue weighted by Gasteiger charge is -2.13. The Kier molecular flexibility index (Phi) is 4.77. The van der Waals surface area contributed by atoms with E-state index in [-0.39, 0.29) is 11.8 Å². The molecule has 2 rings (SSSR count). The van der Waals surface area contributed by atoms with Crippen molar-refractivity contribution in [1.29, 1.82) is 0 Å². The predicted octanol–water partition coefficient (Wildman–Crippen LogP) is 2.84. The summed E-state index contributed by atoms with van der Waals surface area (Å²) in [5.41, 5.74) is 1.55. The first-order valence-electron chi connectivity index (χ1n) is 6.59. The average molecular weight is 286 g/mol. The van der Waals surface area contributed by atoms with Crippen LogP contribution in [0.15, 0.2) is 42.6 Å². The van der Waals surface area contributed by atoms with Crippen molar-refractivity contribution >= 4 is 11.6 Å². The van der Waals surface area contributed by atoms with Crippen LogP contribution in [0.4, 0.5) is 5.69 Å². The van der Waals surface area contributed by atoms with Crippen molar-refractivity contribution in [2.45, 2.75) is 12.8 Å². The van der Waals surface area contributed by atoms with Gasteiger partial charge in [-0.3, -0.25) is 4.79 Å². The van der Waals surface area contributed by atoms with Crippen molar-refractivity contribution in [3.8, 4) is 11.6 Å². The molecule has 21 heavy (non-hydrogen) atoms. The van der Waals surface area contributed by atoms with E-state index < -0.39 is 0 Å². The van der Waals surface area contributed by atoms with Crippen molar-refractivity contribution in [2.75, 3.05) is 19.5 Å². The number of hydrogen-bond acceptors (Lipinski definition) is 4. The maximum atomic E-state index is 12.3. The number of amides is 1. The van der Waals surface area contributed by atoms with Crippen LogP contribution in [0, 0.1) is 0 Å². The van der Waals surface area contributed by atoms with E-state index in [0.717, 1.165) is 11.3 Å². The minimum Gasteiger partial charge on any atom is -0.497 e. The van der Waals surface area contributed by atoms with Gasteiger partial charge in [0.05, 0.1) is 20.1 Å². The maximum Gasteiger partial charge on any atom is 0.231 e. The van der Waals surface area contributed by atoms with Crippen molar-refractivity contribution in [2.24, 2.45) is 0 Å². The van der Waals surface area contributed by atoms with Crippen LogP contribution in [0.3, 0.4) is 0 Å². The fourth-order valence-electron chi connectivity index (χ4n) is 1.91. The lowest BCUT2D eigenvalue weighted by Crippen LogP contribution is -2.18. The van der Waals surface area contributed by atoms with Gasteiger partial charge in [0.1, 0.15) is 5.75 Å². The molecule has 1 N–H and O–H groups in total. The van der Waals surface area contributed by atoms with Crippen LogP contribution in [0.25, 0.3) is 0 Å². The molecule has 110 valence electrons. The third kappa shape index (κ3) is 3.72. The Labute approximate surface area is 123 Å². The number of nitrogens with zero attached hydrogens (tertiary/aromatic N) is 1. The molecule has 1 unspecified atom stereocenters. The topological polar surface area (TPSA) is 60.5 Å². The quantitative estimate of drug-likeness (QED) is 0.918. The maximum absolute atomic E-state index is 12.3. The number of anilines is 1. The van der Waals surface area contributed by atoms with Crippen LogP contribution in [0.2, 0.25) is 0 Å². The normalized spacial score (nSPS) is 11.6. The number of methoxy groups -OCH3 is 2. The third-order valence-electron chi connectivity index (χ3n) is 3.20. The zero-order chi connectivity index (χ0) is 15.2. The zero-order valence-corrected chi connectivity index (χ0v) is 12.3. The second kappa shape index (κ2) is 6.74. The molecule has 1 heterocycles. The van der Waals surface area contributed by atoms with Crippen molar-refractivity contribution in [3.63, 3.8) is 0 Å². The Hall–Kier alpha value is -2.56. The molecule has 0 fully saturated rings. The number of ether oxygens (including phenoxy) is 2. The van der Waals surface area contributed by atoms with Gasteiger partial charge in [0.15, 0.2) is 0 Å². The molecule has 0 bridgehead atoms. The summed E-state index contributed by atoms with van der Waals surface area (Å²) in [5.74, 6) is 0.801. The molecule has 1 amide bonds. The Balaban J connectivity index is 2.11. The molecule has 0 radical (unpaired) electrons.